The van der Waals surface area contributed by atoms with Gasteiger partial charge in [-0.15, -0.1) is 0 Å². The molecule has 1 fully saturated rings. The molecule has 0 unspecified atom stereocenters. The van der Waals surface area contributed by atoms with E-state index >= 15 is 0 Å². The summed E-state index contributed by atoms with van der Waals surface area (Å²) in [6, 6.07) is 7.56. The lowest BCUT2D eigenvalue weighted by atomic mass is 10.1. The average molecular weight is 290 g/mol. The number of carbonyl (C=O) groups is 2. The van der Waals surface area contributed by atoms with E-state index in [1.54, 1.807) is 4.90 Å². The fraction of sp³-hybridized carbons (Fsp3) is 0.500. The highest BCUT2D eigenvalue weighted by Gasteiger charge is 2.23. The molecule has 1 aliphatic rings. The van der Waals surface area contributed by atoms with Crippen molar-refractivity contribution in [1.29, 1.82) is 0 Å². The lowest BCUT2D eigenvalue weighted by molar-refractivity contribution is -0.136. The Balaban J connectivity index is 2.00. The van der Waals surface area contributed by atoms with Crippen LogP contribution < -0.4 is 5.32 Å². The highest BCUT2D eigenvalue weighted by Crippen LogP contribution is 2.24. The van der Waals surface area contributed by atoms with Crippen LogP contribution in [0.2, 0.25) is 0 Å². The lowest BCUT2D eigenvalue weighted by Crippen LogP contribution is -2.38. The minimum atomic E-state index is -0.834. The largest absolute Gasteiger partial charge is 0.481 e. The molecule has 2 N–H and O–H groups in total. The zero-order chi connectivity index (χ0) is 15.2. The number of benzene rings is 1. The molecular formula is C16H22N2O3. The van der Waals surface area contributed by atoms with Crippen LogP contribution in [0.15, 0.2) is 24.3 Å². The first-order valence-corrected chi connectivity index (χ1v) is 7.41. The minimum Gasteiger partial charge on any atom is -0.481 e. The molecule has 1 aliphatic carbocycles. The van der Waals surface area contributed by atoms with E-state index in [9.17, 15) is 9.59 Å². The molecule has 2 rings (SSSR count). The zero-order valence-electron chi connectivity index (χ0n) is 12.3. The summed E-state index contributed by atoms with van der Waals surface area (Å²) >= 11 is 0. The Hall–Kier alpha value is -2.04. The summed E-state index contributed by atoms with van der Waals surface area (Å²) < 4.78 is 0. The Kier molecular flexibility index (Phi) is 5.20. The van der Waals surface area contributed by atoms with Crippen LogP contribution in [0.5, 0.6) is 0 Å². The Morgan fingerprint density at radius 2 is 1.95 bits per heavy atom. The number of amides is 2. The van der Waals surface area contributed by atoms with E-state index in [-0.39, 0.29) is 12.5 Å². The van der Waals surface area contributed by atoms with Gasteiger partial charge in [-0.05, 0) is 30.9 Å². The van der Waals surface area contributed by atoms with Gasteiger partial charge in [0.1, 0.15) is 0 Å². The number of urea groups is 1. The van der Waals surface area contributed by atoms with Crippen molar-refractivity contribution in [2.24, 2.45) is 0 Å². The van der Waals surface area contributed by atoms with Crippen molar-refractivity contribution in [3.63, 3.8) is 0 Å². The summed E-state index contributed by atoms with van der Waals surface area (Å²) in [5, 5.41) is 11.7. The van der Waals surface area contributed by atoms with E-state index < -0.39 is 5.97 Å². The lowest BCUT2D eigenvalue weighted by Gasteiger charge is -2.25. The van der Waals surface area contributed by atoms with Gasteiger partial charge < -0.3 is 15.3 Å². The molecule has 1 aromatic rings. The van der Waals surface area contributed by atoms with Gasteiger partial charge in [-0.2, -0.15) is 0 Å². The second-order valence-electron chi connectivity index (χ2n) is 5.53. The maximum absolute atomic E-state index is 12.3. The normalized spacial score (nSPS) is 14.9. The molecule has 0 radical (unpaired) electrons. The molecule has 5 nitrogen and oxygen atoms in total. The minimum absolute atomic E-state index is 0.0609. The molecule has 0 aromatic heterocycles. The van der Waals surface area contributed by atoms with Crippen LogP contribution in [0, 0.1) is 0 Å². The van der Waals surface area contributed by atoms with Gasteiger partial charge >= 0.3 is 12.0 Å². The molecule has 0 spiro atoms. The number of carbonyl (C=O) groups excluding carboxylic acids is 1. The Bertz CT molecular complexity index is 510. The zero-order valence-corrected chi connectivity index (χ0v) is 12.3. The summed E-state index contributed by atoms with van der Waals surface area (Å²) in [5.74, 6) is -0.834. The van der Waals surface area contributed by atoms with Gasteiger partial charge in [-0.1, -0.05) is 31.0 Å². The fourth-order valence-electron chi connectivity index (χ4n) is 2.76. The molecule has 0 aliphatic heterocycles. The van der Waals surface area contributed by atoms with Gasteiger partial charge in [0.05, 0.1) is 0 Å². The Morgan fingerprint density at radius 3 is 2.62 bits per heavy atom. The number of nitrogens with one attached hydrogen (secondary N) is 1. The maximum atomic E-state index is 12.3. The van der Waals surface area contributed by atoms with E-state index in [4.69, 9.17) is 5.11 Å². The van der Waals surface area contributed by atoms with E-state index in [1.165, 1.54) is 12.8 Å². The van der Waals surface area contributed by atoms with Crippen LogP contribution in [0.25, 0.3) is 0 Å². The summed E-state index contributed by atoms with van der Waals surface area (Å²) in [6.45, 7) is 0. The monoisotopic (exact) mass is 290 g/mol. The summed E-state index contributed by atoms with van der Waals surface area (Å²) in [7, 11) is 1.82. The summed E-state index contributed by atoms with van der Waals surface area (Å²) in [6.07, 6.45) is 4.95. The second-order valence-corrected chi connectivity index (χ2v) is 5.53. The number of aryl methyl sites for hydroxylation is 1. The number of rotatable bonds is 5. The fourth-order valence-corrected chi connectivity index (χ4v) is 2.76. The van der Waals surface area contributed by atoms with Crippen LogP contribution in [-0.4, -0.2) is 35.1 Å². The molecule has 1 saturated carbocycles. The highest BCUT2D eigenvalue weighted by molar-refractivity contribution is 5.90. The van der Waals surface area contributed by atoms with Gasteiger partial charge in [0, 0.05) is 25.2 Å². The first-order chi connectivity index (χ1) is 10.1. The average Bonchev–Trinajstić information content (AvgIpc) is 2.99. The number of carboxylic acid groups (broad SMARTS) is 1. The van der Waals surface area contributed by atoms with E-state index in [1.807, 2.05) is 31.3 Å². The van der Waals surface area contributed by atoms with Crippen LogP contribution in [0.4, 0.5) is 10.5 Å². The topological polar surface area (TPSA) is 69.6 Å². The molecule has 0 saturated heterocycles. The molecule has 2 amide bonds. The first kappa shape index (κ1) is 15.4. The van der Waals surface area contributed by atoms with Crippen molar-refractivity contribution in [2.75, 3.05) is 12.4 Å². The smallest absolute Gasteiger partial charge is 0.321 e. The van der Waals surface area contributed by atoms with Crippen molar-refractivity contribution in [3.05, 3.63) is 29.8 Å². The van der Waals surface area contributed by atoms with Crippen molar-refractivity contribution >= 4 is 17.7 Å². The number of anilines is 1. The van der Waals surface area contributed by atoms with Crippen LogP contribution in [-0.2, 0) is 11.2 Å². The number of nitrogens with zero attached hydrogens (tertiary/aromatic N) is 1. The SMILES string of the molecule is CN(C(=O)Nc1ccccc1CCC(=O)O)C1CCCC1. The number of carboxylic acids is 1. The van der Waals surface area contributed by atoms with Crippen LogP contribution >= 0.6 is 0 Å². The molecule has 0 bridgehead atoms. The molecular weight excluding hydrogens is 268 g/mol. The molecule has 1 aromatic carbocycles. The highest BCUT2D eigenvalue weighted by atomic mass is 16.4. The second kappa shape index (κ2) is 7.11. The Morgan fingerprint density at radius 1 is 1.29 bits per heavy atom. The number of para-hydroxylation sites is 1. The maximum Gasteiger partial charge on any atom is 0.321 e. The van der Waals surface area contributed by atoms with Gasteiger partial charge in [0.25, 0.3) is 0 Å². The predicted octanol–water partition coefficient (Wildman–Crippen LogP) is 3.11. The van der Waals surface area contributed by atoms with Crippen molar-refractivity contribution in [1.82, 2.24) is 4.90 Å². The summed E-state index contributed by atoms with van der Waals surface area (Å²) in [4.78, 5) is 24.7. The Labute approximate surface area is 125 Å². The molecule has 114 valence electrons. The third kappa shape index (κ3) is 4.21. The number of hydrogen-bond acceptors (Lipinski definition) is 2. The van der Waals surface area contributed by atoms with Crippen molar-refractivity contribution in [3.8, 4) is 0 Å². The van der Waals surface area contributed by atoms with Crippen LogP contribution in [0.1, 0.15) is 37.7 Å². The quantitative estimate of drug-likeness (QED) is 0.875. The third-order valence-electron chi connectivity index (χ3n) is 4.06. The molecule has 21 heavy (non-hydrogen) atoms. The molecule has 5 heteroatoms. The van der Waals surface area contributed by atoms with Gasteiger partial charge in [-0.25, -0.2) is 4.79 Å². The third-order valence-corrected chi connectivity index (χ3v) is 4.06. The first-order valence-electron chi connectivity index (χ1n) is 7.41. The number of hydrogen-bond donors (Lipinski definition) is 2. The predicted molar refractivity (Wildman–Crippen MR) is 81.4 cm³/mol. The number of aliphatic carboxylic acids is 1. The standard InChI is InChI=1S/C16H22N2O3/c1-18(13-7-3-4-8-13)16(21)17-14-9-5-2-6-12(14)10-11-15(19)20/h2,5-6,9,13H,3-4,7-8,10-11H2,1H3,(H,17,21)(H,19,20). The van der Waals surface area contributed by atoms with E-state index in [0.29, 0.717) is 18.2 Å². The van der Waals surface area contributed by atoms with Gasteiger partial charge in [0.15, 0.2) is 0 Å². The van der Waals surface area contributed by atoms with Gasteiger partial charge in [-0.3, -0.25) is 4.79 Å². The molecule has 0 atom stereocenters. The van der Waals surface area contributed by atoms with Crippen molar-refractivity contribution < 1.29 is 14.7 Å². The summed E-state index contributed by atoms with van der Waals surface area (Å²) in [5.41, 5.74) is 1.56. The van der Waals surface area contributed by atoms with E-state index in [0.717, 1.165) is 18.4 Å². The van der Waals surface area contributed by atoms with Crippen molar-refractivity contribution in [2.45, 2.75) is 44.6 Å². The van der Waals surface area contributed by atoms with Gasteiger partial charge in [0.2, 0.25) is 0 Å². The van der Waals surface area contributed by atoms with E-state index in [2.05, 4.69) is 5.32 Å². The van der Waals surface area contributed by atoms with Crippen LogP contribution in [0.3, 0.4) is 0 Å². The molecule has 0 heterocycles.